The Hall–Kier alpha value is -0.940. The Morgan fingerprint density at radius 2 is 2.12 bits per heavy atom. The lowest BCUT2D eigenvalue weighted by atomic mass is 10.1. The highest BCUT2D eigenvalue weighted by molar-refractivity contribution is 7.99. The van der Waals surface area contributed by atoms with Gasteiger partial charge in [0.15, 0.2) is 5.78 Å². The lowest BCUT2D eigenvalue weighted by Crippen LogP contribution is -2.06. The minimum absolute atomic E-state index is 0.0650. The molecule has 0 fully saturated rings. The van der Waals surface area contributed by atoms with Crippen LogP contribution in [0.3, 0.4) is 0 Å². The molecule has 0 saturated heterocycles. The van der Waals surface area contributed by atoms with Gasteiger partial charge in [-0.1, -0.05) is 0 Å². The van der Waals surface area contributed by atoms with E-state index in [1.807, 2.05) is 0 Å². The Morgan fingerprint density at radius 1 is 1.38 bits per heavy atom. The largest absolute Gasteiger partial charge is 0.396 e. The van der Waals surface area contributed by atoms with Gasteiger partial charge in [-0.2, -0.15) is 11.8 Å². The third-order valence-electron chi connectivity index (χ3n) is 1.91. The number of benzene rings is 1. The van der Waals surface area contributed by atoms with Gasteiger partial charge >= 0.3 is 0 Å². The van der Waals surface area contributed by atoms with E-state index in [4.69, 9.17) is 5.11 Å². The molecule has 88 valence electrons. The zero-order chi connectivity index (χ0) is 12.0. The first-order valence-corrected chi connectivity index (χ1v) is 5.97. The summed E-state index contributed by atoms with van der Waals surface area (Å²) in [5, 5.41) is 8.52. The third-order valence-corrected chi connectivity index (χ3v) is 2.95. The average molecular weight is 246 g/mol. The van der Waals surface area contributed by atoms with Gasteiger partial charge in [0, 0.05) is 6.61 Å². The van der Waals surface area contributed by atoms with Crippen molar-refractivity contribution in [2.75, 3.05) is 18.1 Å². The summed E-state index contributed by atoms with van der Waals surface area (Å²) < 4.78 is 26.0. The monoisotopic (exact) mass is 246 g/mol. The number of thioether (sulfide) groups is 1. The molecular weight excluding hydrogens is 234 g/mol. The van der Waals surface area contributed by atoms with Crippen LogP contribution >= 0.6 is 11.8 Å². The zero-order valence-corrected chi connectivity index (χ0v) is 9.40. The molecule has 16 heavy (non-hydrogen) atoms. The van der Waals surface area contributed by atoms with Crippen LogP contribution in [0.25, 0.3) is 0 Å². The van der Waals surface area contributed by atoms with Crippen molar-refractivity contribution in [3.05, 3.63) is 35.4 Å². The van der Waals surface area contributed by atoms with Crippen LogP contribution in [0, 0.1) is 11.6 Å². The van der Waals surface area contributed by atoms with E-state index >= 15 is 0 Å². The van der Waals surface area contributed by atoms with Gasteiger partial charge in [0.05, 0.1) is 11.3 Å². The van der Waals surface area contributed by atoms with Crippen LogP contribution in [0.1, 0.15) is 16.8 Å². The smallest absolute Gasteiger partial charge is 0.175 e. The second kappa shape index (κ2) is 6.60. The molecule has 0 bridgehead atoms. The number of ketones is 1. The summed E-state index contributed by atoms with van der Waals surface area (Å²) >= 11 is 1.30. The van der Waals surface area contributed by atoms with Crippen molar-refractivity contribution >= 4 is 17.5 Å². The number of hydrogen-bond acceptors (Lipinski definition) is 3. The Bertz CT molecular complexity index is 369. The van der Waals surface area contributed by atoms with Crippen LogP contribution in [0.15, 0.2) is 18.2 Å². The van der Waals surface area contributed by atoms with Gasteiger partial charge in [0.2, 0.25) is 0 Å². The highest BCUT2D eigenvalue weighted by Crippen LogP contribution is 2.13. The summed E-state index contributed by atoms with van der Waals surface area (Å²) in [5.41, 5.74) is -0.212. The molecule has 0 saturated carbocycles. The van der Waals surface area contributed by atoms with Crippen LogP contribution in [-0.2, 0) is 0 Å². The first-order chi connectivity index (χ1) is 7.65. The number of aliphatic hydroxyl groups excluding tert-OH is 1. The van der Waals surface area contributed by atoms with Gasteiger partial charge in [0.1, 0.15) is 11.6 Å². The molecule has 0 aromatic heterocycles. The first-order valence-electron chi connectivity index (χ1n) is 4.82. The molecule has 1 rings (SSSR count). The van der Waals surface area contributed by atoms with Gasteiger partial charge < -0.3 is 5.11 Å². The van der Waals surface area contributed by atoms with E-state index < -0.39 is 17.4 Å². The molecule has 0 aliphatic rings. The molecule has 1 aromatic rings. The maximum atomic E-state index is 13.2. The van der Waals surface area contributed by atoms with Crippen molar-refractivity contribution in [1.29, 1.82) is 0 Å². The minimum Gasteiger partial charge on any atom is -0.396 e. The second-order valence-corrected chi connectivity index (χ2v) is 4.28. The SMILES string of the molecule is O=C(CSCCCO)c1cc(F)ccc1F. The lowest BCUT2D eigenvalue weighted by Gasteiger charge is -2.02. The van der Waals surface area contributed by atoms with Crippen molar-refractivity contribution in [3.63, 3.8) is 0 Å². The van der Waals surface area contributed by atoms with Crippen LogP contribution in [-0.4, -0.2) is 29.0 Å². The van der Waals surface area contributed by atoms with E-state index in [1.54, 1.807) is 0 Å². The number of rotatable bonds is 6. The zero-order valence-electron chi connectivity index (χ0n) is 8.58. The summed E-state index contributed by atoms with van der Waals surface area (Å²) in [4.78, 5) is 11.5. The van der Waals surface area contributed by atoms with Gasteiger partial charge in [-0.05, 0) is 30.4 Å². The van der Waals surface area contributed by atoms with E-state index in [1.165, 1.54) is 11.8 Å². The molecule has 0 heterocycles. The topological polar surface area (TPSA) is 37.3 Å². The molecule has 0 atom stereocenters. The quantitative estimate of drug-likeness (QED) is 0.618. The lowest BCUT2D eigenvalue weighted by molar-refractivity contribution is 0.101. The molecule has 0 amide bonds. The minimum atomic E-state index is -0.700. The molecule has 1 N–H and O–H groups in total. The van der Waals surface area contributed by atoms with Crippen molar-refractivity contribution in [2.45, 2.75) is 6.42 Å². The fraction of sp³-hybridized carbons (Fsp3) is 0.364. The Morgan fingerprint density at radius 3 is 2.81 bits per heavy atom. The Balaban J connectivity index is 2.55. The maximum absolute atomic E-state index is 13.2. The van der Waals surface area contributed by atoms with Crippen LogP contribution < -0.4 is 0 Å². The van der Waals surface area contributed by atoms with Crippen LogP contribution in [0.2, 0.25) is 0 Å². The fourth-order valence-electron chi connectivity index (χ4n) is 1.12. The fourth-order valence-corrected chi connectivity index (χ4v) is 1.94. The molecule has 5 heteroatoms. The number of halogens is 2. The molecule has 0 aliphatic heterocycles. The van der Waals surface area contributed by atoms with Crippen molar-refractivity contribution in [3.8, 4) is 0 Å². The van der Waals surface area contributed by atoms with Gasteiger partial charge in [-0.25, -0.2) is 8.78 Å². The third kappa shape index (κ3) is 3.90. The molecule has 1 aromatic carbocycles. The van der Waals surface area contributed by atoms with E-state index in [9.17, 15) is 13.6 Å². The summed E-state index contributed by atoms with van der Waals surface area (Å²) in [6, 6.07) is 2.83. The summed E-state index contributed by atoms with van der Waals surface area (Å²) in [6.07, 6.45) is 0.587. The van der Waals surface area contributed by atoms with Gasteiger partial charge in [-0.3, -0.25) is 4.79 Å². The number of carbonyl (C=O) groups excluding carboxylic acids is 1. The summed E-state index contributed by atoms with van der Waals surface area (Å²) in [7, 11) is 0. The molecular formula is C11H12F2O2S. The number of hydrogen-bond donors (Lipinski definition) is 1. The van der Waals surface area contributed by atoms with Crippen molar-refractivity contribution in [2.24, 2.45) is 0 Å². The molecule has 2 nitrogen and oxygen atoms in total. The highest BCUT2D eigenvalue weighted by Gasteiger charge is 2.12. The number of Topliss-reactive ketones (excluding diaryl/α,β-unsaturated/α-hetero) is 1. The number of aliphatic hydroxyl groups is 1. The van der Waals surface area contributed by atoms with E-state index in [2.05, 4.69) is 0 Å². The molecule has 0 aliphatic carbocycles. The Kier molecular flexibility index (Phi) is 5.42. The summed E-state index contributed by atoms with van der Waals surface area (Å²) in [5.74, 6) is -1.03. The summed E-state index contributed by atoms with van der Waals surface area (Å²) in [6.45, 7) is 0.0650. The average Bonchev–Trinajstić information content (AvgIpc) is 2.27. The van der Waals surface area contributed by atoms with Crippen molar-refractivity contribution < 1.29 is 18.7 Å². The van der Waals surface area contributed by atoms with E-state index in [0.29, 0.717) is 12.2 Å². The maximum Gasteiger partial charge on any atom is 0.175 e. The number of carbonyl (C=O) groups is 1. The van der Waals surface area contributed by atoms with Crippen LogP contribution in [0.5, 0.6) is 0 Å². The molecule has 0 radical (unpaired) electrons. The second-order valence-electron chi connectivity index (χ2n) is 3.18. The van der Waals surface area contributed by atoms with E-state index in [-0.39, 0.29) is 17.9 Å². The van der Waals surface area contributed by atoms with Gasteiger partial charge in [0.25, 0.3) is 0 Å². The predicted molar refractivity (Wildman–Crippen MR) is 59.7 cm³/mol. The normalized spacial score (nSPS) is 10.4. The van der Waals surface area contributed by atoms with Gasteiger partial charge in [-0.15, -0.1) is 0 Å². The highest BCUT2D eigenvalue weighted by atomic mass is 32.2. The first kappa shape index (κ1) is 13.1. The molecule has 0 unspecified atom stereocenters. The molecule has 0 spiro atoms. The van der Waals surface area contributed by atoms with E-state index in [0.717, 1.165) is 18.2 Å². The van der Waals surface area contributed by atoms with Crippen LogP contribution in [0.4, 0.5) is 8.78 Å². The predicted octanol–water partition coefficient (Wildman–Crippen LogP) is 2.26. The standard InChI is InChI=1S/C11H12F2O2S/c12-8-2-3-10(13)9(6-8)11(15)7-16-5-1-4-14/h2-3,6,14H,1,4-5,7H2. The van der Waals surface area contributed by atoms with Crippen molar-refractivity contribution in [1.82, 2.24) is 0 Å². The Labute approximate surface area is 96.7 Å².